The predicted molar refractivity (Wildman–Crippen MR) is 93.1 cm³/mol. The number of carbonyl (C=O) groups excluding carboxylic acids is 2. The van der Waals surface area contributed by atoms with Crippen LogP contribution in [0.5, 0.6) is 5.75 Å². The summed E-state index contributed by atoms with van der Waals surface area (Å²) in [4.78, 5) is 27.3. The van der Waals surface area contributed by atoms with E-state index < -0.39 is 0 Å². The van der Waals surface area contributed by atoms with Gasteiger partial charge in [-0.15, -0.1) is 0 Å². The van der Waals surface area contributed by atoms with Gasteiger partial charge in [-0.1, -0.05) is 19.1 Å². The number of aryl methyl sites for hydroxylation is 1. The monoisotopic (exact) mass is 336 g/mol. The van der Waals surface area contributed by atoms with Gasteiger partial charge >= 0.3 is 5.97 Å². The number of methoxy groups -OCH3 is 1. The molecule has 6 heteroatoms. The number of nitrogens with zero attached hydrogens (tertiary/aromatic N) is 2. The van der Waals surface area contributed by atoms with Gasteiger partial charge in [0.15, 0.2) is 6.61 Å². The average molecular weight is 336 g/mol. The lowest BCUT2D eigenvalue weighted by Gasteiger charge is -2.24. The molecule has 0 saturated carbocycles. The topological polar surface area (TPSA) is 59.1 Å². The van der Waals surface area contributed by atoms with Gasteiger partial charge in [0.1, 0.15) is 5.75 Å². The highest BCUT2D eigenvalue weighted by Crippen LogP contribution is 2.12. The van der Waals surface area contributed by atoms with Crippen molar-refractivity contribution in [3.05, 3.63) is 29.8 Å². The third-order valence-corrected chi connectivity index (χ3v) is 3.68. The summed E-state index contributed by atoms with van der Waals surface area (Å²) in [6, 6.07) is 7.71. The van der Waals surface area contributed by atoms with Crippen LogP contribution in [0, 0.1) is 0 Å². The van der Waals surface area contributed by atoms with E-state index in [0.717, 1.165) is 13.0 Å². The van der Waals surface area contributed by atoms with Crippen molar-refractivity contribution in [1.29, 1.82) is 0 Å². The number of esters is 1. The standard InChI is InChI=1S/C18H28N2O4/c1-5-15-6-8-16(9-7-15)24-14-17(21)20(13-12-19(2)3)11-10-18(22)23-4/h6-9H,5,10-14H2,1-4H3. The van der Waals surface area contributed by atoms with E-state index in [4.69, 9.17) is 4.74 Å². The van der Waals surface area contributed by atoms with E-state index in [1.807, 2.05) is 43.3 Å². The lowest BCUT2D eigenvalue weighted by molar-refractivity contribution is -0.142. The molecule has 0 aliphatic heterocycles. The van der Waals surface area contributed by atoms with Crippen molar-refractivity contribution in [1.82, 2.24) is 9.80 Å². The first-order valence-electron chi connectivity index (χ1n) is 8.17. The van der Waals surface area contributed by atoms with E-state index >= 15 is 0 Å². The van der Waals surface area contributed by atoms with Crippen LogP contribution in [-0.4, -0.2) is 69.1 Å². The van der Waals surface area contributed by atoms with Gasteiger partial charge in [-0.25, -0.2) is 0 Å². The Hall–Kier alpha value is -2.08. The van der Waals surface area contributed by atoms with Crippen molar-refractivity contribution in [3.63, 3.8) is 0 Å². The molecule has 0 atom stereocenters. The number of ether oxygens (including phenoxy) is 2. The molecule has 0 aliphatic carbocycles. The molecule has 0 heterocycles. The number of likely N-dealkylation sites (N-methyl/N-ethyl adjacent to an activating group) is 1. The van der Waals surface area contributed by atoms with Gasteiger partial charge in [0, 0.05) is 19.6 Å². The minimum absolute atomic E-state index is 0.0416. The molecule has 0 aliphatic rings. The first-order valence-corrected chi connectivity index (χ1v) is 8.17. The summed E-state index contributed by atoms with van der Waals surface area (Å²) in [6.07, 6.45) is 1.14. The lowest BCUT2D eigenvalue weighted by atomic mass is 10.2. The zero-order chi connectivity index (χ0) is 17.9. The quantitative estimate of drug-likeness (QED) is 0.607. The minimum Gasteiger partial charge on any atom is -0.484 e. The maximum atomic E-state index is 12.4. The van der Waals surface area contributed by atoms with Crippen LogP contribution >= 0.6 is 0 Å². The second-order valence-electron chi connectivity index (χ2n) is 5.80. The van der Waals surface area contributed by atoms with Crippen molar-refractivity contribution in [2.45, 2.75) is 19.8 Å². The molecule has 134 valence electrons. The summed E-state index contributed by atoms with van der Waals surface area (Å²) in [5.41, 5.74) is 1.22. The normalized spacial score (nSPS) is 10.5. The zero-order valence-corrected chi connectivity index (χ0v) is 15.1. The van der Waals surface area contributed by atoms with Crippen LogP contribution in [0.4, 0.5) is 0 Å². The Morgan fingerprint density at radius 2 is 1.71 bits per heavy atom. The predicted octanol–water partition coefficient (Wildman–Crippen LogP) is 1.58. The number of amides is 1. The van der Waals surface area contributed by atoms with Crippen molar-refractivity contribution in [2.75, 3.05) is 47.4 Å². The lowest BCUT2D eigenvalue weighted by Crippen LogP contribution is -2.40. The van der Waals surface area contributed by atoms with Crippen LogP contribution in [0.2, 0.25) is 0 Å². The van der Waals surface area contributed by atoms with Crippen LogP contribution in [-0.2, 0) is 20.7 Å². The van der Waals surface area contributed by atoms with E-state index in [1.54, 1.807) is 4.90 Å². The summed E-state index contributed by atoms with van der Waals surface area (Å²) in [5, 5.41) is 0. The molecule has 0 radical (unpaired) electrons. The number of hydrogen-bond acceptors (Lipinski definition) is 5. The molecule has 24 heavy (non-hydrogen) atoms. The number of hydrogen-bond donors (Lipinski definition) is 0. The summed E-state index contributed by atoms with van der Waals surface area (Å²) in [5.74, 6) is 0.204. The molecule has 0 unspecified atom stereocenters. The number of benzene rings is 1. The molecule has 0 bridgehead atoms. The third kappa shape index (κ3) is 7.46. The summed E-state index contributed by atoms with van der Waals surface area (Å²) >= 11 is 0. The summed E-state index contributed by atoms with van der Waals surface area (Å²) < 4.78 is 10.2. The molecule has 0 spiro atoms. The van der Waals surface area contributed by atoms with E-state index in [9.17, 15) is 9.59 Å². The molecule has 1 rings (SSSR count). The molecule has 0 fully saturated rings. The van der Waals surface area contributed by atoms with E-state index in [1.165, 1.54) is 12.7 Å². The Balaban J connectivity index is 2.55. The van der Waals surface area contributed by atoms with Gasteiger partial charge in [-0.2, -0.15) is 0 Å². The first kappa shape index (κ1) is 20.0. The molecular weight excluding hydrogens is 308 g/mol. The van der Waals surface area contributed by atoms with Gasteiger partial charge in [0.05, 0.1) is 13.5 Å². The summed E-state index contributed by atoms with van der Waals surface area (Å²) in [6.45, 7) is 3.64. The molecule has 0 aromatic heterocycles. The second kappa shape index (κ2) is 10.6. The number of rotatable bonds is 10. The van der Waals surface area contributed by atoms with Gasteiger partial charge in [-0.3, -0.25) is 9.59 Å². The van der Waals surface area contributed by atoms with Crippen molar-refractivity contribution in [3.8, 4) is 5.75 Å². The first-order chi connectivity index (χ1) is 11.5. The smallest absolute Gasteiger partial charge is 0.307 e. The van der Waals surface area contributed by atoms with Crippen LogP contribution in [0.1, 0.15) is 18.9 Å². The van der Waals surface area contributed by atoms with Crippen molar-refractivity contribution >= 4 is 11.9 Å². The highest BCUT2D eigenvalue weighted by atomic mass is 16.5. The Morgan fingerprint density at radius 1 is 1.04 bits per heavy atom. The fraction of sp³-hybridized carbons (Fsp3) is 0.556. The van der Waals surface area contributed by atoms with E-state index in [2.05, 4.69) is 11.7 Å². The van der Waals surface area contributed by atoms with Crippen molar-refractivity contribution < 1.29 is 19.1 Å². The van der Waals surface area contributed by atoms with E-state index in [-0.39, 0.29) is 24.9 Å². The largest absolute Gasteiger partial charge is 0.484 e. The van der Waals surface area contributed by atoms with Gasteiger partial charge in [-0.05, 0) is 38.2 Å². The Labute approximate surface area is 144 Å². The Kier molecular flexibility index (Phi) is 8.86. The molecule has 6 nitrogen and oxygen atoms in total. The Morgan fingerprint density at radius 3 is 2.25 bits per heavy atom. The molecular formula is C18H28N2O4. The van der Waals surface area contributed by atoms with Gasteiger partial charge in [0.25, 0.3) is 5.91 Å². The molecule has 0 N–H and O–H groups in total. The molecule has 0 saturated heterocycles. The molecule has 1 amide bonds. The van der Waals surface area contributed by atoms with E-state index in [0.29, 0.717) is 18.8 Å². The average Bonchev–Trinajstić information content (AvgIpc) is 2.59. The fourth-order valence-electron chi connectivity index (χ4n) is 2.07. The maximum Gasteiger partial charge on any atom is 0.307 e. The van der Waals surface area contributed by atoms with Crippen LogP contribution in [0.3, 0.4) is 0 Å². The van der Waals surface area contributed by atoms with Gasteiger partial charge < -0.3 is 19.3 Å². The zero-order valence-electron chi connectivity index (χ0n) is 15.1. The summed E-state index contributed by atoms with van der Waals surface area (Å²) in [7, 11) is 5.22. The third-order valence-electron chi connectivity index (χ3n) is 3.68. The van der Waals surface area contributed by atoms with Crippen LogP contribution < -0.4 is 4.74 Å². The SMILES string of the molecule is CCc1ccc(OCC(=O)N(CCC(=O)OC)CCN(C)C)cc1. The van der Waals surface area contributed by atoms with Crippen LogP contribution in [0.25, 0.3) is 0 Å². The second-order valence-corrected chi connectivity index (χ2v) is 5.80. The highest BCUT2D eigenvalue weighted by molar-refractivity contribution is 5.78. The minimum atomic E-state index is -0.325. The maximum absolute atomic E-state index is 12.4. The molecule has 1 aromatic carbocycles. The van der Waals surface area contributed by atoms with Crippen molar-refractivity contribution in [2.24, 2.45) is 0 Å². The Bertz CT molecular complexity index is 514. The number of carbonyl (C=O) groups is 2. The highest BCUT2D eigenvalue weighted by Gasteiger charge is 2.16. The fourth-order valence-corrected chi connectivity index (χ4v) is 2.07. The van der Waals surface area contributed by atoms with Gasteiger partial charge in [0.2, 0.25) is 0 Å². The van der Waals surface area contributed by atoms with Crippen LogP contribution in [0.15, 0.2) is 24.3 Å². The molecule has 1 aromatic rings.